The lowest BCUT2D eigenvalue weighted by Gasteiger charge is -2.37. The monoisotopic (exact) mass is 561 g/mol. The molecule has 2 aromatic heterocycles. The summed E-state index contributed by atoms with van der Waals surface area (Å²) in [6.07, 6.45) is 5.13. The molecule has 0 bridgehead atoms. The van der Waals surface area contributed by atoms with E-state index < -0.39 is 0 Å². The van der Waals surface area contributed by atoms with Gasteiger partial charge in [-0.15, -0.1) is 0 Å². The summed E-state index contributed by atoms with van der Waals surface area (Å²) in [7, 11) is 5.61. The molecule has 2 N–H and O–H groups in total. The number of fused-ring (bicyclic) bond motifs is 2. The zero-order chi connectivity index (χ0) is 29.5. The first-order valence-electron chi connectivity index (χ1n) is 14.3. The number of anilines is 3. The summed E-state index contributed by atoms with van der Waals surface area (Å²) < 4.78 is 13.5. The van der Waals surface area contributed by atoms with Crippen molar-refractivity contribution >= 4 is 39.8 Å². The van der Waals surface area contributed by atoms with Crippen molar-refractivity contribution in [3.8, 4) is 5.75 Å². The van der Waals surface area contributed by atoms with Crippen LogP contribution in [-0.4, -0.2) is 87.3 Å². The Bertz CT molecular complexity index is 1470. The van der Waals surface area contributed by atoms with Gasteiger partial charge in [0.1, 0.15) is 12.4 Å². The molecule has 0 atom stereocenters. The van der Waals surface area contributed by atoms with Crippen LogP contribution in [0, 0.1) is 6.92 Å². The number of hydrogen-bond acceptors (Lipinski definition) is 9. The van der Waals surface area contributed by atoms with Gasteiger partial charge in [0.05, 0.1) is 47.7 Å². The second-order valence-electron chi connectivity index (χ2n) is 10.0. The van der Waals surface area contributed by atoms with Gasteiger partial charge in [-0.3, -0.25) is 19.7 Å². The molecule has 2 aliphatic rings. The predicted molar refractivity (Wildman–Crippen MR) is 169 cm³/mol. The fourth-order valence-corrected chi connectivity index (χ4v) is 5.28. The van der Waals surface area contributed by atoms with Gasteiger partial charge in [0.15, 0.2) is 0 Å². The van der Waals surface area contributed by atoms with E-state index in [0.29, 0.717) is 12.2 Å². The van der Waals surface area contributed by atoms with Crippen LogP contribution >= 0.6 is 0 Å². The van der Waals surface area contributed by atoms with Crippen molar-refractivity contribution in [1.82, 2.24) is 14.5 Å². The maximum Gasteiger partial charge on any atom is 0.253 e. The number of rotatable bonds is 7. The Morgan fingerprint density at radius 2 is 1.83 bits per heavy atom. The summed E-state index contributed by atoms with van der Waals surface area (Å²) in [5, 5.41) is 0.996. The number of allylic oxidation sites excluding steroid dienone is 1. The number of hydrogen-bond donors (Lipinski definition) is 1. The third kappa shape index (κ3) is 6.39. The Labute approximate surface area is 242 Å². The molecule has 1 fully saturated rings. The maximum atomic E-state index is 12.9. The van der Waals surface area contributed by atoms with Gasteiger partial charge in [0.2, 0.25) is 0 Å². The summed E-state index contributed by atoms with van der Waals surface area (Å²) in [6, 6.07) is 8.09. The van der Waals surface area contributed by atoms with Crippen LogP contribution in [0.15, 0.2) is 46.4 Å². The summed E-state index contributed by atoms with van der Waals surface area (Å²) in [4.78, 5) is 28.6. The molecule has 0 amide bonds. The van der Waals surface area contributed by atoms with E-state index in [1.54, 1.807) is 17.8 Å². The number of likely N-dealkylation sites (N-methyl/N-ethyl adjacent to an activating group) is 1. The van der Waals surface area contributed by atoms with E-state index in [1.165, 1.54) is 6.20 Å². The molecule has 0 radical (unpaired) electrons. The molecule has 41 heavy (non-hydrogen) atoms. The van der Waals surface area contributed by atoms with Gasteiger partial charge in [-0.05, 0) is 19.1 Å². The van der Waals surface area contributed by atoms with Crippen molar-refractivity contribution in [3.05, 3.63) is 58.3 Å². The summed E-state index contributed by atoms with van der Waals surface area (Å²) >= 11 is 0. The van der Waals surface area contributed by atoms with Gasteiger partial charge in [-0.2, -0.15) is 0 Å². The fraction of sp³-hybridized carbons (Fsp3) is 0.452. The molecule has 1 saturated heterocycles. The maximum absolute atomic E-state index is 12.9. The molecular formula is C31H43N7O3. The minimum Gasteiger partial charge on any atom is -0.492 e. The third-order valence-corrected chi connectivity index (χ3v) is 7.51. The normalized spacial score (nSPS) is 16.1. The smallest absolute Gasteiger partial charge is 0.253 e. The van der Waals surface area contributed by atoms with Crippen LogP contribution in [0.5, 0.6) is 5.75 Å². The molecule has 10 heteroatoms. The average Bonchev–Trinajstić information content (AvgIpc) is 3.00. The second kappa shape index (κ2) is 13.6. The minimum atomic E-state index is -0.0114. The highest BCUT2D eigenvalue weighted by atomic mass is 16.5. The number of nitrogens with zero attached hydrogens (tertiary/aromatic N) is 6. The third-order valence-electron chi connectivity index (χ3n) is 7.51. The van der Waals surface area contributed by atoms with Gasteiger partial charge < -0.3 is 29.6 Å². The van der Waals surface area contributed by atoms with E-state index in [9.17, 15) is 4.79 Å². The van der Waals surface area contributed by atoms with Crippen molar-refractivity contribution in [2.75, 3.05) is 76.4 Å². The van der Waals surface area contributed by atoms with E-state index in [1.807, 2.05) is 52.2 Å². The molecule has 3 aromatic rings. The minimum absolute atomic E-state index is 0.0114. The van der Waals surface area contributed by atoms with Gasteiger partial charge in [-0.1, -0.05) is 13.8 Å². The van der Waals surface area contributed by atoms with Crippen molar-refractivity contribution < 1.29 is 9.47 Å². The van der Waals surface area contributed by atoms with Crippen LogP contribution in [0.3, 0.4) is 0 Å². The summed E-state index contributed by atoms with van der Waals surface area (Å²) in [5.41, 5.74) is 11.9. The molecule has 0 unspecified atom stereocenters. The Kier molecular flexibility index (Phi) is 10.0. The Balaban J connectivity index is 0.00000189. The first-order valence-corrected chi connectivity index (χ1v) is 14.3. The van der Waals surface area contributed by atoms with E-state index >= 15 is 0 Å². The number of ether oxygens (including phenoxy) is 2. The standard InChI is InChI=1S/C29H37N7O3.C2H6/c1-20-13-23-25(34(4)29(20)37)14-22(39-12-9-35-7-10-38-11-8-35)15-26(23)36-6-5-33(3)27-16-24(32-19-28(27)36)21(17-30)18-31-2;1-2/h13-19H,5-12,30H2,1-4H3;1-2H3/b21-17+,31-18?;. The lowest BCUT2D eigenvalue weighted by atomic mass is 10.1. The van der Waals surface area contributed by atoms with Crippen molar-refractivity contribution in [2.45, 2.75) is 20.8 Å². The molecular weight excluding hydrogens is 518 g/mol. The quantitative estimate of drug-likeness (QED) is 0.437. The second-order valence-corrected chi connectivity index (χ2v) is 10.0. The SMILES string of the molecule is CC.CN=C/C(=C\N)c1cc2c(cn1)N(c1cc(OCCN3CCOCC3)cc3c1cc(C)c(=O)n3C)CCN2C. The highest BCUT2D eigenvalue weighted by Crippen LogP contribution is 2.42. The van der Waals surface area contributed by atoms with Crippen molar-refractivity contribution in [2.24, 2.45) is 17.8 Å². The van der Waals surface area contributed by atoms with Crippen LogP contribution in [0.25, 0.3) is 16.5 Å². The lowest BCUT2D eigenvalue weighted by molar-refractivity contribution is 0.0322. The van der Waals surface area contributed by atoms with Crippen LogP contribution in [0.4, 0.5) is 17.1 Å². The van der Waals surface area contributed by atoms with Gasteiger partial charge in [0.25, 0.3) is 5.56 Å². The van der Waals surface area contributed by atoms with Crippen LogP contribution in [-0.2, 0) is 11.8 Å². The molecule has 10 nitrogen and oxygen atoms in total. The first kappa shape index (κ1) is 30.1. The summed E-state index contributed by atoms with van der Waals surface area (Å²) in [6.45, 7) is 12.2. The van der Waals surface area contributed by atoms with Crippen molar-refractivity contribution in [1.29, 1.82) is 0 Å². The Morgan fingerprint density at radius 3 is 2.54 bits per heavy atom. The lowest BCUT2D eigenvalue weighted by Crippen LogP contribution is -2.38. The molecule has 4 heterocycles. The topological polar surface area (TPSA) is 101 Å². The predicted octanol–water partition coefficient (Wildman–Crippen LogP) is 3.57. The number of aryl methyl sites for hydroxylation is 2. The van der Waals surface area contributed by atoms with Gasteiger partial charge >= 0.3 is 0 Å². The zero-order valence-corrected chi connectivity index (χ0v) is 25.2. The molecule has 220 valence electrons. The van der Waals surface area contributed by atoms with Crippen molar-refractivity contribution in [3.63, 3.8) is 0 Å². The van der Waals surface area contributed by atoms with E-state index in [0.717, 1.165) is 90.9 Å². The fourth-order valence-electron chi connectivity index (χ4n) is 5.28. The van der Waals surface area contributed by atoms with E-state index in [-0.39, 0.29) is 5.56 Å². The summed E-state index contributed by atoms with van der Waals surface area (Å²) in [5.74, 6) is 0.738. The Hall–Kier alpha value is -3.89. The highest BCUT2D eigenvalue weighted by molar-refractivity contribution is 6.09. The Morgan fingerprint density at radius 1 is 1.07 bits per heavy atom. The van der Waals surface area contributed by atoms with Gasteiger partial charge in [0, 0.05) is 94.9 Å². The van der Waals surface area contributed by atoms with Crippen LogP contribution < -0.4 is 25.8 Å². The number of pyridine rings is 2. The average molecular weight is 562 g/mol. The number of nitrogens with two attached hydrogens (primary N) is 1. The molecule has 0 aliphatic carbocycles. The van der Waals surface area contributed by atoms with E-state index in [2.05, 4.69) is 32.8 Å². The number of morpholine rings is 1. The van der Waals surface area contributed by atoms with Crippen LogP contribution in [0.1, 0.15) is 25.1 Å². The zero-order valence-electron chi connectivity index (χ0n) is 25.2. The molecule has 0 spiro atoms. The number of aliphatic imine (C=N–C) groups is 1. The highest BCUT2D eigenvalue weighted by Gasteiger charge is 2.26. The van der Waals surface area contributed by atoms with E-state index in [4.69, 9.17) is 20.2 Å². The molecule has 5 rings (SSSR count). The van der Waals surface area contributed by atoms with Gasteiger partial charge in [-0.25, -0.2) is 0 Å². The number of benzene rings is 1. The molecule has 1 aromatic carbocycles. The largest absolute Gasteiger partial charge is 0.492 e. The molecule has 0 saturated carbocycles. The van der Waals surface area contributed by atoms with Crippen LogP contribution in [0.2, 0.25) is 0 Å². The molecule has 2 aliphatic heterocycles. The first-order chi connectivity index (χ1) is 19.9. The number of aromatic nitrogens is 2.